The highest BCUT2D eigenvalue weighted by molar-refractivity contribution is 6.15. The fourth-order valence-electron chi connectivity index (χ4n) is 3.30. The summed E-state index contributed by atoms with van der Waals surface area (Å²) in [4.78, 5) is 26.7. The molecule has 33 heavy (non-hydrogen) atoms. The van der Waals surface area contributed by atoms with E-state index in [0.717, 1.165) is 0 Å². The van der Waals surface area contributed by atoms with Crippen LogP contribution in [0.1, 0.15) is 11.5 Å². The highest BCUT2D eigenvalue weighted by Crippen LogP contribution is 2.32. The minimum absolute atomic E-state index is 0.384. The first-order valence-corrected chi connectivity index (χ1v) is 10.1. The van der Waals surface area contributed by atoms with E-state index in [2.05, 4.69) is 10.6 Å². The van der Waals surface area contributed by atoms with Crippen LogP contribution in [0.15, 0.2) is 66.7 Å². The van der Waals surface area contributed by atoms with Crippen molar-refractivity contribution in [1.29, 1.82) is 0 Å². The molecule has 0 heterocycles. The molecule has 0 aliphatic rings. The molecule has 2 N–H and O–H groups in total. The van der Waals surface area contributed by atoms with Crippen LogP contribution in [0.25, 0.3) is 0 Å². The van der Waals surface area contributed by atoms with Gasteiger partial charge in [-0.3, -0.25) is 9.59 Å². The normalized spacial score (nSPS) is 10.3. The predicted molar refractivity (Wildman–Crippen MR) is 126 cm³/mol. The standard InChI is InChI=1S/C25H26N2O6/c1-30-17-10-12-21(32-3)19(14-17)26-24(28)23(16-8-6-5-7-9-16)25(29)27-20-15-18(31-2)11-13-22(20)33-4/h5-15,23H,1-4H3,(H,26,28)(H,27,29). The number of anilines is 2. The highest BCUT2D eigenvalue weighted by Gasteiger charge is 2.30. The number of ether oxygens (including phenoxy) is 4. The van der Waals surface area contributed by atoms with Crippen LogP contribution >= 0.6 is 0 Å². The first kappa shape index (κ1) is 23.5. The van der Waals surface area contributed by atoms with Crippen molar-refractivity contribution >= 4 is 23.2 Å². The Kier molecular flexibility index (Phi) is 7.75. The van der Waals surface area contributed by atoms with Gasteiger partial charge in [0.15, 0.2) is 0 Å². The van der Waals surface area contributed by atoms with Gasteiger partial charge in [0.05, 0.1) is 39.8 Å². The maximum atomic E-state index is 13.4. The number of methoxy groups -OCH3 is 4. The average Bonchev–Trinajstić information content (AvgIpc) is 2.84. The van der Waals surface area contributed by atoms with Crippen LogP contribution in [0.4, 0.5) is 11.4 Å². The van der Waals surface area contributed by atoms with Crippen molar-refractivity contribution in [2.75, 3.05) is 39.1 Å². The zero-order valence-corrected chi connectivity index (χ0v) is 18.9. The van der Waals surface area contributed by atoms with E-state index in [1.807, 2.05) is 6.07 Å². The minimum Gasteiger partial charge on any atom is -0.497 e. The summed E-state index contributed by atoms with van der Waals surface area (Å²) in [6.07, 6.45) is 0. The summed E-state index contributed by atoms with van der Waals surface area (Å²) < 4.78 is 21.2. The highest BCUT2D eigenvalue weighted by atomic mass is 16.5. The monoisotopic (exact) mass is 450 g/mol. The topological polar surface area (TPSA) is 95.1 Å². The van der Waals surface area contributed by atoms with Gasteiger partial charge in [0.1, 0.15) is 28.9 Å². The third-order valence-corrected chi connectivity index (χ3v) is 4.99. The largest absolute Gasteiger partial charge is 0.497 e. The van der Waals surface area contributed by atoms with Crippen LogP contribution in [-0.4, -0.2) is 40.3 Å². The predicted octanol–water partition coefficient (Wildman–Crippen LogP) is 4.08. The summed E-state index contributed by atoms with van der Waals surface area (Å²) in [5.41, 5.74) is 1.29. The Hall–Kier alpha value is -4.20. The number of hydrogen-bond acceptors (Lipinski definition) is 6. The number of benzene rings is 3. The molecule has 8 nitrogen and oxygen atoms in total. The van der Waals surface area contributed by atoms with E-state index in [1.165, 1.54) is 28.4 Å². The SMILES string of the molecule is COc1ccc(OC)c(NC(=O)C(C(=O)Nc2cc(OC)ccc2OC)c2ccccc2)c1. The van der Waals surface area contributed by atoms with Crippen LogP contribution in [0.3, 0.4) is 0 Å². The van der Waals surface area contributed by atoms with Crippen molar-refractivity contribution in [3.63, 3.8) is 0 Å². The first-order chi connectivity index (χ1) is 16.0. The molecule has 2 amide bonds. The Morgan fingerprint density at radius 1 is 0.636 bits per heavy atom. The van der Waals surface area contributed by atoms with Gasteiger partial charge in [-0.1, -0.05) is 30.3 Å². The Labute approximate surface area is 192 Å². The molecule has 0 fully saturated rings. The number of carbonyl (C=O) groups is 2. The summed E-state index contributed by atoms with van der Waals surface area (Å²) in [6, 6.07) is 18.8. The van der Waals surface area contributed by atoms with Crippen molar-refractivity contribution < 1.29 is 28.5 Å². The summed E-state index contributed by atoms with van der Waals surface area (Å²) in [7, 11) is 6.03. The lowest BCUT2D eigenvalue weighted by atomic mass is 9.96. The second-order valence-electron chi connectivity index (χ2n) is 6.95. The molecule has 172 valence electrons. The molecular formula is C25H26N2O6. The third-order valence-electron chi connectivity index (χ3n) is 4.99. The molecule has 8 heteroatoms. The van der Waals surface area contributed by atoms with E-state index < -0.39 is 17.7 Å². The molecule has 0 aliphatic heterocycles. The third kappa shape index (κ3) is 5.54. The molecular weight excluding hydrogens is 424 g/mol. The number of rotatable bonds is 9. The molecule has 0 radical (unpaired) electrons. The number of amides is 2. The maximum absolute atomic E-state index is 13.4. The first-order valence-electron chi connectivity index (χ1n) is 10.1. The molecule has 3 rings (SSSR count). The molecule has 0 spiro atoms. The van der Waals surface area contributed by atoms with Gasteiger partial charge in [-0.05, 0) is 29.8 Å². The lowest BCUT2D eigenvalue weighted by Gasteiger charge is -2.19. The Morgan fingerprint density at radius 2 is 1.09 bits per heavy atom. The van der Waals surface area contributed by atoms with Crippen LogP contribution < -0.4 is 29.6 Å². The number of carbonyl (C=O) groups excluding carboxylic acids is 2. The van der Waals surface area contributed by atoms with Gasteiger partial charge < -0.3 is 29.6 Å². The zero-order valence-electron chi connectivity index (χ0n) is 18.9. The van der Waals surface area contributed by atoms with Crippen molar-refractivity contribution in [3.05, 3.63) is 72.3 Å². The van der Waals surface area contributed by atoms with E-state index in [4.69, 9.17) is 18.9 Å². The van der Waals surface area contributed by atoms with Gasteiger partial charge in [-0.15, -0.1) is 0 Å². The fraction of sp³-hybridized carbons (Fsp3) is 0.200. The summed E-state index contributed by atoms with van der Waals surface area (Å²) in [5, 5.41) is 5.58. The molecule has 0 aliphatic carbocycles. The van der Waals surface area contributed by atoms with Crippen molar-refractivity contribution in [1.82, 2.24) is 0 Å². The Balaban J connectivity index is 1.95. The Morgan fingerprint density at radius 3 is 1.48 bits per heavy atom. The molecule has 3 aromatic carbocycles. The average molecular weight is 450 g/mol. The van der Waals surface area contributed by atoms with Crippen molar-refractivity contribution in [2.24, 2.45) is 0 Å². The van der Waals surface area contributed by atoms with Gasteiger partial charge in [-0.2, -0.15) is 0 Å². The molecule has 0 aromatic heterocycles. The van der Waals surface area contributed by atoms with E-state index in [1.54, 1.807) is 60.7 Å². The van der Waals surface area contributed by atoms with Gasteiger partial charge >= 0.3 is 0 Å². The quantitative estimate of drug-likeness (QED) is 0.477. The van der Waals surface area contributed by atoms with E-state index in [9.17, 15) is 9.59 Å². The van der Waals surface area contributed by atoms with Crippen LogP contribution in [0.2, 0.25) is 0 Å². The second kappa shape index (κ2) is 10.9. The molecule has 0 unspecified atom stereocenters. The van der Waals surface area contributed by atoms with Crippen LogP contribution in [0, 0.1) is 0 Å². The molecule has 0 atom stereocenters. The van der Waals surface area contributed by atoms with Gasteiger partial charge in [0.2, 0.25) is 11.8 Å². The number of nitrogens with one attached hydrogen (secondary N) is 2. The van der Waals surface area contributed by atoms with E-state index >= 15 is 0 Å². The lowest BCUT2D eigenvalue weighted by Crippen LogP contribution is -2.32. The van der Waals surface area contributed by atoms with Crippen LogP contribution in [-0.2, 0) is 9.59 Å². The minimum atomic E-state index is -1.15. The summed E-state index contributed by atoms with van der Waals surface area (Å²) >= 11 is 0. The Bertz CT molecular complexity index is 1050. The molecule has 0 bridgehead atoms. The van der Waals surface area contributed by atoms with Crippen molar-refractivity contribution in [3.8, 4) is 23.0 Å². The van der Waals surface area contributed by atoms with Crippen LogP contribution in [0.5, 0.6) is 23.0 Å². The summed E-state index contributed by atoms with van der Waals surface area (Å²) in [5.74, 6) is -0.283. The molecule has 0 saturated heterocycles. The lowest BCUT2D eigenvalue weighted by molar-refractivity contribution is -0.126. The maximum Gasteiger partial charge on any atom is 0.241 e. The van der Waals surface area contributed by atoms with E-state index in [0.29, 0.717) is 39.9 Å². The molecule has 3 aromatic rings. The second-order valence-corrected chi connectivity index (χ2v) is 6.95. The van der Waals surface area contributed by atoms with Gasteiger partial charge in [-0.25, -0.2) is 0 Å². The fourth-order valence-corrected chi connectivity index (χ4v) is 3.30. The summed E-state index contributed by atoms with van der Waals surface area (Å²) in [6.45, 7) is 0. The van der Waals surface area contributed by atoms with Gasteiger partial charge in [0, 0.05) is 12.1 Å². The smallest absolute Gasteiger partial charge is 0.241 e. The molecule has 0 saturated carbocycles. The van der Waals surface area contributed by atoms with Gasteiger partial charge in [0.25, 0.3) is 0 Å². The van der Waals surface area contributed by atoms with E-state index in [-0.39, 0.29) is 0 Å². The zero-order chi connectivity index (χ0) is 23.8. The van der Waals surface area contributed by atoms with Crippen molar-refractivity contribution in [2.45, 2.75) is 5.92 Å². The number of hydrogen-bond donors (Lipinski definition) is 2.